The molecular weight excluding hydrogens is 222 g/mol. The molecule has 90 valence electrons. The Morgan fingerprint density at radius 2 is 2.19 bits per heavy atom. The second-order valence-corrected chi connectivity index (χ2v) is 5.67. The third kappa shape index (κ3) is 4.76. The highest BCUT2D eigenvalue weighted by Gasteiger charge is 2.09. The summed E-state index contributed by atoms with van der Waals surface area (Å²) in [5, 5.41) is 15.5. The Hall–Kier alpha value is -0.880. The standard InChI is InChI=1S/C10H19N5S/c1-8(6-11-10(2,3)4)7-16-9-12-13-14-15(9)5/h11H,1,6-7H2,2-5H3. The lowest BCUT2D eigenvalue weighted by Gasteiger charge is -2.21. The molecule has 0 aliphatic heterocycles. The van der Waals surface area contributed by atoms with Crippen LogP contribution in [0.25, 0.3) is 0 Å². The van der Waals surface area contributed by atoms with E-state index in [2.05, 4.69) is 48.2 Å². The van der Waals surface area contributed by atoms with Crippen LogP contribution < -0.4 is 5.32 Å². The molecule has 1 aromatic heterocycles. The zero-order valence-electron chi connectivity index (χ0n) is 10.3. The van der Waals surface area contributed by atoms with Crippen LogP contribution in [-0.2, 0) is 7.05 Å². The fourth-order valence-corrected chi connectivity index (χ4v) is 1.70. The summed E-state index contributed by atoms with van der Waals surface area (Å²) in [7, 11) is 1.83. The molecule has 0 bridgehead atoms. The van der Waals surface area contributed by atoms with E-state index in [1.165, 1.54) is 0 Å². The summed E-state index contributed by atoms with van der Waals surface area (Å²) in [6, 6.07) is 0. The van der Waals surface area contributed by atoms with Crippen molar-refractivity contribution in [1.29, 1.82) is 0 Å². The summed E-state index contributed by atoms with van der Waals surface area (Å²) in [6.45, 7) is 11.3. The van der Waals surface area contributed by atoms with E-state index in [-0.39, 0.29) is 5.54 Å². The van der Waals surface area contributed by atoms with Gasteiger partial charge in [0.1, 0.15) is 0 Å². The summed E-state index contributed by atoms with van der Waals surface area (Å²) in [5.41, 5.74) is 1.27. The van der Waals surface area contributed by atoms with Crippen LogP contribution in [-0.4, -0.2) is 38.0 Å². The van der Waals surface area contributed by atoms with Crippen LogP contribution in [0.1, 0.15) is 20.8 Å². The summed E-state index contributed by atoms with van der Waals surface area (Å²) in [4.78, 5) is 0. The predicted molar refractivity (Wildman–Crippen MR) is 66.4 cm³/mol. The topological polar surface area (TPSA) is 55.6 Å². The number of aromatic nitrogens is 4. The Morgan fingerprint density at radius 3 is 2.69 bits per heavy atom. The van der Waals surface area contributed by atoms with Crippen molar-refractivity contribution in [3.8, 4) is 0 Å². The number of nitrogens with zero attached hydrogens (tertiary/aromatic N) is 4. The van der Waals surface area contributed by atoms with E-state index in [1.807, 2.05) is 7.05 Å². The molecule has 0 aromatic carbocycles. The molecule has 0 spiro atoms. The van der Waals surface area contributed by atoms with Crippen LogP contribution >= 0.6 is 11.8 Å². The molecule has 1 rings (SSSR count). The second-order valence-electron chi connectivity index (χ2n) is 4.73. The van der Waals surface area contributed by atoms with E-state index in [9.17, 15) is 0 Å². The van der Waals surface area contributed by atoms with Gasteiger partial charge in [0, 0.05) is 24.9 Å². The highest BCUT2D eigenvalue weighted by Crippen LogP contribution is 2.15. The summed E-state index contributed by atoms with van der Waals surface area (Å²) < 4.78 is 1.66. The third-order valence-electron chi connectivity index (χ3n) is 1.86. The van der Waals surface area contributed by atoms with Gasteiger partial charge in [0.05, 0.1) is 0 Å². The van der Waals surface area contributed by atoms with Gasteiger partial charge in [0.15, 0.2) is 0 Å². The van der Waals surface area contributed by atoms with Gasteiger partial charge in [0.25, 0.3) is 0 Å². The molecule has 5 nitrogen and oxygen atoms in total. The van der Waals surface area contributed by atoms with Crippen molar-refractivity contribution in [3.05, 3.63) is 12.2 Å². The molecule has 1 aromatic rings. The van der Waals surface area contributed by atoms with Crippen molar-refractivity contribution >= 4 is 11.8 Å². The summed E-state index contributed by atoms with van der Waals surface area (Å²) in [5.74, 6) is 0.831. The second kappa shape index (κ2) is 5.45. The lowest BCUT2D eigenvalue weighted by atomic mass is 10.1. The Labute approximate surface area is 101 Å². The van der Waals surface area contributed by atoms with Crippen LogP contribution in [0.15, 0.2) is 17.3 Å². The van der Waals surface area contributed by atoms with Crippen LogP contribution in [0, 0.1) is 0 Å². The van der Waals surface area contributed by atoms with Gasteiger partial charge in [-0.15, -0.1) is 5.10 Å². The smallest absolute Gasteiger partial charge is 0.209 e. The molecule has 0 radical (unpaired) electrons. The van der Waals surface area contributed by atoms with Crippen LogP contribution in [0.4, 0.5) is 0 Å². The summed E-state index contributed by atoms with van der Waals surface area (Å²) in [6.07, 6.45) is 0. The molecule has 16 heavy (non-hydrogen) atoms. The fraction of sp³-hybridized carbons (Fsp3) is 0.700. The molecule has 0 saturated carbocycles. The van der Waals surface area contributed by atoms with E-state index in [1.54, 1.807) is 16.4 Å². The zero-order valence-corrected chi connectivity index (χ0v) is 11.1. The predicted octanol–water partition coefficient (Wildman–Crippen LogP) is 1.25. The number of aryl methyl sites for hydroxylation is 1. The first-order valence-corrected chi connectivity index (χ1v) is 6.14. The number of hydrogen-bond acceptors (Lipinski definition) is 5. The Bertz CT molecular complexity index is 352. The van der Waals surface area contributed by atoms with Gasteiger partial charge < -0.3 is 5.32 Å². The fourth-order valence-electron chi connectivity index (χ4n) is 0.951. The molecule has 1 N–H and O–H groups in total. The van der Waals surface area contributed by atoms with Gasteiger partial charge in [-0.25, -0.2) is 4.68 Å². The lowest BCUT2D eigenvalue weighted by molar-refractivity contribution is 0.445. The van der Waals surface area contributed by atoms with Gasteiger partial charge >= 0.3 is 0 Å². The molecule has 0 fully saturated rings. The van der Waals surface area contributed by atoms with Crippen molar-refractivity contribution in [2.75, 3.05) is 12.3 Å². The maximum Gasteiger partial charge on any atom is 0.209 e. The average molecular weight is 241 g/mol. The minimum Gasteiger partial charge on any atom is -0.308 e. The van der Waals surface area contributed by atoms with Gasteiger partial charge in [-0.1, -0.05) is 23.9 Å². The van der Waals surface area contributed by atoms with Crippen molar-refractivity contribution < 1.29 is 0 Å². The number of tetrazole rings is 1. The maximum atomic E-state index is 4.03. The van der Waals surface area contributed by atoms with E-state index in [0.29, 0.717) is 0 Å². The molecule has 0 amide bonds. The molecular formula is C10H19N5S. The maximum absolute atomic E-state index is 4.03. The molecule has 6 heteroatoms. The van der Waals surface area contributed by atoms with Crippen molar-refractivity contribution in [3.63, 3.8) is 0 Å². The first-order valence-electron chi connectivity index (χ1n) is 5.15. The lowest BCUT2D eigenvalue weighted by Crippen LogP contribution is -2.37. The van der Waals surface area contributed by atoms with Crippen LogP contribution in [0.3, 0.4) is 0 Å². The number of rotatable bonds is 5. The summed E-state index contributed by atoms with van der Waals surface area (Å²) >= 11 is 1.60. The molecule has 0 saturated heterocycles. The van der Waals surface area contributed by atoms with Gasteiger partial charge in [-0.3, -0.25) is 0 Å². The molecule has 0 atom stereocenters. The first kappa shape index (κ1) is 13.2. The Balaban J connectivity index is 2.29. The zero-order chi connectivity index (χ0) is 12.2. The van der Waals surface area contributed by atoms with Crippen LogP contribution in [0.2, 0.25) is 0 Å². The Kier molecular flexibility index (Phi) is 4.49. The minimum atomic E-state index is 0.125. The third-order valence-corrected chi connectivity index (χ3v) is 3.01. The SMILES string of the molecule is C=C(CNC(C)(C)C)CSc1nnnn1C. The molecule has 0 aliphatic rings. The quantitative estimate of drug-likeness (QED) is 0.621. The largest absolute Gasteiger partial charge is 0.308 e. The van der Waals surface area contributed by atoms with Crippen LogP contribution in [0.5, 0.6) is 0 Å². The van der Waals surface area contributed by atoms with E-state index in [0.717, 1.165) is 23.0 Å². The first-order chi connectivity index (χ1) is 7.38. The van der Waals surface area contributed by atoms with E-state index < -0.39 is 0 Å². The monoisotopic (exact) mass is 241 g/mol. The van der Waals surface area contributed by atoms with Gasteiger partial charge in [-0.2, -0.15) is 0 Å². The van der Waals surface area contributed by atoms with Crippen molar-refractivity contribution in [2.24, 2.45) is 7.05 Å². The van der Waals surface area contributed by atoms with Crippen molar-refractivity contribution in [2.45, 2.75) is 31.5 Å². The normalized spacial score (nSPS) is 11.8. The molecule has 1 heterocycles. The number of hydrogen-bond donors (Lipinski definition) is 1. The van der Waals surface area contributed by atoms with Crippen molar-refractivity contribution in [1.82, 2.24) is 25.5 Å². The van der Waals surface area contributed by atoms with Gasteiger partial charge in [0.2, 0.25) is 5.16 Å². The Morgan fingerprint density at radius 1 is 1.50 bits per heavy atom. The number of nitrogens with one attached hydrogen (secondary N) is 1. The van der Waals surface area contributed by atoms with E-state index in [4.69, 9.17) is 0 Å². The highest BCUT2D eigenvalue weighted by molar-refractivity contribution is 7.99. The molecule has 0 aliphatic carbocycles. The average Bonchev–Trinajstić information content (AvgIpc) is 2.57. The number of thioether (sulfide) groups is 1. The molecule has 0 unspecified atom stereocenters. The van der Waals surface area contributed by atoms with Gasteiger partial charge in [-0.05, 0) is 31.2 Å². The van der Waals surface area contributed by atoms with E-state index >= 15 is 0 Å². The minimum absolute atomic E-state index is 0.125. The highest BCUT2D eigenvalue weighted by atomic mass is 32.2.